The Hall–Kier alpha value is -1.15. The predicted octanol–water partition coefficient (Wildman–Crippen LogP) is 1.60. The molecular formula is C18H28ClN3O3S. The van der Waals surface area contributed by atoms with E-state index in [0.29, 0.717) is 26.2 Å². The molecule has 0 aliphatic carbocycles. The summed E-state index contributed by atoms with van der Waals surface area (Å²) in [4.78, 5) is 14.6. The van der Waals surface area contributed by atoms with Gasteiger partial charge in [0.15, 0.2) is 0 Å². The largest absolute Gasteiger partial charge is 0.342 e. The number of likely N-dealkylation sites (tertiary alicyclic amines) is 1. The van der Waals surface area contributed by atoms with E-state index in [1.54, 1.807) is 0 Å². The Bertz CT molecular complexity index is 691. The summed E-state index contributed by atoms with van der Waals surface area (Å²) in [6, 6.07) is 9.37. The second-order valence-corrected chi connectivity index (χ2v) is 9.07. The number of hydrogen-bond acceptors (Lipinski definition) is 4. The van der Waals surface area contributed by atoms with Crippen molar-refractivity contribution in [1.29, 1.82) is 0 Å². The molecule has 6 nitrogen and oxygen atoms in total. The lowest BCUT2D eigenvalue weighted by Crippen LogP contribution is -2.50. The molecule has 1 unspecified atom stereocenters. The molecule has 1 amide bonds. The van der Waals surface area contributed by atoms with Gasteiger partial charge in [0.1, 0.15) is 0 Å². The molecule has 2 fully saturated rings. The summed E-state index contributed by atoms with van der Waals surface area (Å²) in [5.41, 5.74) is 6.68. The molecule has 0 spiro atoms. The molecule has 2 aliphatic rings. The molecular weight excluding hydrogens is 374 g/mol. The van der Waals surface area contributed by atoms with Crippen LogP contribution in [0.25, 0.3) is 0 Å². The van der Waals surface area contributed by atoms with Crippen LogP contribution in [0.3, 0.4) is 0 Å². The molecule has 0 aromatic heterocycles. The summed E-state index contributed by atoms with van der Waals surface area (Å²) in [7, 11) is -3.40. The normalized spacial score (nSPS) is 22.7. The van der Waals surface area contributed by atoms with Gasteiger partial charge in [-0.05, 0) is 31.2 Å². The van der Waals surface area contributed by atoms with Crippen LogP contribution in [0.5, 0.6) is 0 Å². The second kappa shape index (κ2) is 9.17. The van der Waals surface area contributed by atoms with Crippen molar-refractivity contribution in [2.75, 3.05) is 26.2 Å². The number of rotatable bonds is 4. The maximum atomic E-state index is 12.8. The number of benzene rings is 1. The van der Waals surface area contributed by atoms with E-state index in [1.165, 1.54) is 4.31 Å². The van der Waals surface area contributed by atoms with Gasteiger partial charge < -0.3 is 10.6 Å². The third-order valence-corrected chi connectivity index (χ3v) is 6.99. The van der Waals surface area contributed by atoms with E-state index in [1.807, 2.05) is 35.2 Å². The summed E-state index contributed by atoms with van der Waals surface area (Å²) in [6.45, 7) is 2.18. The first kappa shape index (κ1) is 21.2. The highest BCUT2D eigenvalue weighted by atomic mass is 35.5. The molecule has 8 heteroatoms. The molecule has 2 aliphatic heterocycles. The van der Waals surface area contributed by atoms with E-state index in [-0.39, 0.29) is 36.0 Å². The van der Waals surface area contributed by atoms with E-state index in [4.69, 9.17) is 5.73 Å². The third kappa shape index (κ3) is 5.19. The van der Waals surface area contributed by atoms with Gasteiger partial charge in [0.2, 0.25) is 15.9 Å². The summed E-state index contributed by atoms with van der Waals surface area (Å²) in [6.07, 6.45) is 3.15. The van der Waals surface area contributed by atoms with Gasteiger partial charge in [0.25, 0.3) is 0 Å². The Morgan fingerprint density at radius 2 is 1.73 bits per heavy atom. The highest BCUT2D eigenvalue weighted by Gasteiger charge is 2.35. The zero-order valence-electron chi connectivity index (χ0n) is 14.9. The number of carbonyl (C=O) groups excluding carboxylic acids is 1. The van der Waals surface area contributed by atoms with Gasteiger partial charge >= 0.3 is 0 Å². The summed E-state index contributed by atoms with van der Waals surface area (Å²) in [5.74, 6) is -0.145. The van der Waals surface area contributed by atoms with Crippen molar-refractivity contribution in [1.82, 2.24) is 9.21 Å². The number of carbonyl (C=O) groups is 1. The predicted molar refractivity (Wildman–Crippen MR) is 104 cm³/mol. The number of piperidine rings is 2. The molecule has 0 saturated carbocycles. The van der Waals surface area contributed by atoms with Gasteiger partial charge in [0.05, 0.1) is 11.7 Å². The van der Waals surface area contributed by atoms with Gasteiger partial charge in [-0.2, -0.15) is 0 Å². The fourth-order valence-electron chi connectivity index (χ4n) is 3.65. The second-order valence-electron chi connectivity index (χ2n) is 7.10. The van der Waals surface area contributed by atoms with Gasteiger partial charge in [-0.3, -0.25) is 4.79 Å². The molecule has 1 aromatic carbocycles. The maximum absolute atomic E-state index is 12.8. The summed E-state index contributed by atoms with van der Waals surface area (Å²) in [5, 5.41) is 0. The summed E-state index contributed by atoms with van der Waals surface area (Å²) < 4.78 is 27.0. The number of sulfonamides is 1. The fraction of sp³-hybridized carbons (Fsp3) is 0.611. The van der Waals surface area contributed by atoms with Crippen molar-refractivity contribution in [3.8, 4) is 0 Å². The first-order chi connectivity index (χ1) is 12.0. The molecule has 2 N–H and O–H groups in total. The van der Waals surface area contributed by atoms with E-state index in [9.17, 15) is 13.2 Å². The van der Waals surface area contributed by atoms with Crippen LogP contribution in [-0.4, -0.2) is 55.8 Å². The van der Waals surface area contributed by atoms with Gasteiger partial charge in [-0.1, -0.05) is 30.3 Å². The number of amides is 1. The monoisotopic (exact) mass is 401 g/mol. The van der Waals surface area contributed by atoms with Crippen LogP contribution in [0.1, 0.15) is 31.2 Å². The van der Waals surface area contributed by atoms with Crippen LogP contribution >= 0.6 is 12.4 Å². The zero-order chi connectivity index (χ0) is 17.9. The molecule has 1 aromatic rings. The van der Waals surface area contributed by atoms with Crippen molar-refractivity contribution in [3.63, 3.8) is 0 Å². The highest BCUT2D eigenvalue weighted by Crippen LogP contribution is 2.24. The maximum Gasteiger partial charge on any atom is 0.227 e. The quantitative estimate of drug-likeness (QED) is 0.830. The molecule has 2 saturated heterocycles. The van der Waals surface area contributed by atoms with E-state index in [2.05, 4.69) is 0 Å². The molecule has 2 heterocycles. The lowest BCUT2D eigenvalue weighted by Gasteiger charge is -2.36. The van der Waals surface area contributed by atoms with Crippen molar-refractivity contribution in [2.45, 2.75) is 37.5 Å². The Morgan fingerprint density at radius 1 is 1.08 bits per heavy atom. The lowest BCUT2D eigenvalue weighted by atomic mass is 9.96. The highest BCUT2D eigenvalue weighted by molar-refractivity contribution is 7.88. The Balaban J connectivity index is 0.00000243. The van der Waals surface area contributed by atoms with E-state index < -0.39 is 10.0 Å². The van der Waals surface area contributed by atoms with Crippen molar-refractivity contribution >= 4 is 28.3 Å². The zero-order valence-corrected chi connectivity index (χ0v) is 16.6. The Labute approximate surface area is 162 Å². The van der Waals surface area contributed by atoms with Gasteiger partial charge in [-0.25, -0.2) is 12.7 Å². The number of nitrogens with zero attached hydrogens (tertiary/aromatic N) is 2. The molecule has 0 bridgehead atoms. The fourth-order valence-corrected chi connectivity index (χ4v) is 5.26. The van der Waals surface area contributed by atoms with Crippen LogP contribution in [0.15, 0.2) is 30.3 Å². The van der Waals surface area contributed by atoms with E-state index >= 15 is 0 Å². The van der Waals surface area contributed by atoms with Gasteiger partial charge in [0, 0.05) is 32.2 Å². The number of halogens is 1. The van der Waals surface area contributed by atoms with E-state index in [0.717, 1.165) is 31.2 Å². The average molecular weight is 402 g/mol. The number of hydrogen-bond donors (Lipinski definition) is 1. The average Bonchev–Trinajstić information content (AvgIpc) is 2.62. The minimum atomic E-state index is -3.40. The lowest BCUT2D eigenvalue weighted by molar-refractivity contribution is -0.137. The first-order valence-electron chi connectivity index (χ1n) is 9.02. The van der Waals surface area contributed by atoms with Crippen molar-refractivity contribution in [2.24, 2.45) is 11.7 Å². The topological polar surface area (TPSA) is 83.7 Å². The van der Waals surface area contributed by atoms with Crippen LogP contribution in [0.4, 0.5) is 0 Å². The first-order valence-corrected chi connectivity index (χ1v) is 10.6. The van der Waals surface area contributed by atoms with Crippen LogP contribution in [0, 0.1) is 5.92 Å². The number of nitrogens with two attached hydrogens (primary N) is 1. The smallest absolute Gasteiger partial charge is 0.227 e. The van der Waals surface area contributed by atoms with Crippen LogP contribution in [0.2, 0.25) is 0 Å². The molecule has 1 atom stereocenters. The van der Waals surface area contributed by atoms with Crippen molar-refractivity contribution in [3.05, 3.63) is 35.9 Å². The minimum absolute atomic E-state index is 0. The standard InChI is InChI=1S/C18H27N3O3S.ClH/c19-17-8-11-20(12-9-17)18(22)16-7-4-10-21(13-16)25(23,24)14-15-5-2-1-3-6-15;/h1-3,5-6,16-17H,4,7-14,19H2;1H. The SMILES string of the molecule is Cl.NC1CCN(C(=O)C2CCCN(S(=O)(=O)Cc3ccccc3)C2)CC1. The molecule has 3 rings (SSSR count). The Morgan fingerprint density at radius 3 is 2.38 bits per heavy atom. The summed E-state index contributed by atoms with van der Waals surface area (Å²) >= 11 is 0. The minimum Gasteiger partial charge on any atom is -0.342 e. The third-order valence-electron chi connectivity index (χ3n) is 5.17. The Kier molecular flexibility index (Phi) is 7.46. The molecule has 146 valence electrons. The van der Waals surface area contributed by atoms with Crippen molar-refractivity contribution < 1.29 is 13.2 Å². The van der Waals surface area contributed by atoms with Crippen LogP contribution < -0.4 is 5.73 Å². The van der Waals surface area contributed by atoms with Crippen LogP contribution in [-0.2, 0) is 20.6 Å². The van der Waals surface area contributed by atoms with Gasteiger partial charge in [-0.15, -0.1) is 12.4 Å². The molecule has 26 heavy (non-hydrogen) atoms. The molecule has 0 radical (unpaired) electrons.